The van der Waals surface area contributed by atoms with E-state index < -0.39 is 0 Å². The standard InChI is InChI=1S/C9H17N3O2/c10-6-1-2-12(5-6)9(14)8-3-7(13)4-11-8/h6-8,11,13H,1-5,10H2/t6?,7-,8-/m1/s1. The highest BCUT2D eigenvalue weighted by atomic mass is 16.3. The lowest BCUT2D eigenvalue weighted by Crippen LogP contribution is -2.43. The second-order valence-corrected chi connectivity index (χ2v) is 4.18. The molecule has 2 aliphatic rings. The van der Waals surface area contributed by atoms with Gasteiger partial charge in [-0.2, -0.15) is 0 Å². The third kappa shape index (κ3) is 1.89. The average molecular weight is 199 g/mol. The van der Waals surface area contributed by atoms with E-state index in [0.29, 0.717) is 19.5 Å². The maximum Gasteiger partial charge on any atom is 0.239 e. The Morgan fingerprint density at radius 3 is 2.86 bits per heavy atom. The number of rotatable bonds is 1. The van der Waals surface area contributed by atoms with Crippen LogP contribution in [0.4, 0.5) is 0 Å². The highest BCUT2D eigenvalue weighted by molar-refractivity contribution is 5.82. The molecule has 1 amide bonds. The lowest BCUT2D eigenvalue weighted by molar-refractivity contribution is -0.132. The fourth-order valence-electron chi connectivity index (χ4n) is 2.11. The Labute approximate surface area is 83.3 Å². The quantitative estimate of drug-likeness (QED) is 0.469. The molecule has 4 N–H and O–H groups in total. The SMILES string of the molecule is NC1CCN(C(=O)[C@H]2C[C@@H](O)CN2)C1. The minimum Gasteiger partial charge on any atom is -0.392 e. The zero-order chi connectivity index (χ0) is 10.1. The van der Waals surface area contributed by atoms with Crippen LogP contribution in [0, 0.1) is 0 Å². The predicted octanol–water partition coefficient (Wildman–Crippen LogP) is -1.73. The van der Waals surface area contributed by atoms with Crippen molar-refractivity contribution < 1.29 is 9.90 Å². The molecular weight excluding hydrogens is 182 g/mol. The summed E-state index contributed by atoms with van der Waals surface area (Å²) in [4.78, 5) is 13.6. The molecule has 14 heavy (non-hydrogen) atoms. The second kappa shape index (κ2) is 3.84. The fourth-order valence-corrected chi connectivity index (χ4v) is 2.11. The Bertz CT molecular complexity index is 212. The molecule has 5 nitrogen and oxygen atoms in total. The number of nitrogens with two attached hydrogens (primary N) is 1. The third-order valence-corrected chi connectivity index (χ3v) is 2.94. The number of β-amino-alcohol motifs (C(OH)–C–C–N with tert-alkyl or cyclic N) is 1. The molecule has 5 heteroatoms. The summed E-state index contributed by atoms with van der Waals surface area (Å²) in [5, 5.41) is 12.3. The van der Waals surface area contributed by atoms with Gasteiger partial charge in [0.2, 0.25) is 5.91 Å². The average Bonchev–Trinajstić information content (AvgIpc) is 2.73. The monoisotopic (exact) mass is 199 g/mol. The number of carbonyl (C=O) groups is 1. The van der Waals surface area contributed by atoms with Crippen molar-refractivity contribution >= 4 is 5.91 Å². The molecule has 0 spiro atoms. The van der Waals surface area contributed by atoms with Gasteiger partial charge in [-0.1, -0.05) is 0 Å². The van der Waals surface area contributed by atoms with Crippen molar-refractivity contribution in [3.05, 3.63) is 0 Å². The summed E-state index contributed by atoms with van der Waals surface area (Å²) in [6.07, 6.45) is 1.05. The molecule has 0 aromatic carbocycles. The van der Waals surface area contributed by atoms with Gasteiger partial charge in [0.1, 0.15) is 0 Å². The minimum absolute atomic E-state index is 0.0921. The van der Waals surface area contributed by atoms with E-state index in [1.54, 1.807) is 4.90 Å². The lowest BCUT2D eigenvalue weighted by atomic mass is 10.2. The highest BCUT2D eigenvalue weighted by Gasteiger charge is 2.33. The van der Waals surface area contributed by atoms with Crippen molar-refractivity contribution in [1.82, 2.24) is 10.2 Å². The molecule has 2 aliphatic heterocycles. The maximum atomic E-state index is 11.8. The van der Waals surface area contributed by atoms with Crippen LogP contribution in [0.25, 0.3) is 0 Å². The van der Waals surface area contributed by atoms with Crippen LogP contribution in [0.3, 0.4) is 0 Å². The van der Waals surface area contributed by atoms with Gasteiger partial charge in [-0.3, -0.25) is 4.79 Å². The van der Waals surface area contributed by atoms with Crippen LogP contribution >= 0.6 is 0 Å². The first-order valence-corrected chi connectivity index (χ1v) is 5.12. The molecule has 1 unspecified atom stereocenters. The van der Waals surface area contributed by atoms with Crippen molar-refractivity contribution in [3.63, 3.8) is 0 Å². The molecule has 0 bridgehead atoms. The summed E-state index contributed by atoms with van der Waals surface area (Å²) in [6, 6.07) is -0.0689. The minimum atomic E-state index is -0.375. The van der Waals surface area contributed by atoms with Crippen molar-refractivity contribution in [2.45, 2.75) is 31.0 Å². The lowest BCUT2D eigenvalue weighted by Gasteiger charge is -2.19. The number of hydrogen-bond acceptors (Lipinski definition) is 4. The summed E-state index contributed by atoms with van der Waals surface area (Å²) in [6.45, 7) is 1.94. The molecule has 2 fully saturated rings. The Hall–Kier alpha value is -0.650. The van der Waals surface area contributed by atoms with Gasteiger partial charge < -0.3 is 21.1 Å². The van der Waals surface area contributed by atoms with Gasteiger partial charge >= 0.3 is 0 Å². The van der Waals surface area contributed by atoms with Gasteiger partial charge in [0.15, 0.2) is 0 Å². The van der Waals surface area contributed by atoms with E-state index in [2.05, 4.69) is 5.32 Å². The maximum absolute atomic E-state index is 11.8. The first-order chi connectivity index (χ1) is 6.66. The number of aliphatic hydroxyl groups excluding tert-OH is 1. The van der Waals surface area contributed by atoms with E-state index in [1.807, 2.05) is 0 Å². The van der Waals surface area contributed by atoms with Gasteiger partial charge in [0.25, 0.3) is 0 Å². The van der Waals surface area contributed by atoms with E-state index in [1.165, 1.54) is 0 Å². The van der Waals surface area contributed by atoms with Crippen molar-refractivity contribution in [2.75, 3.05) is 19.6 Å². The molecule has 0 radical (unpaired) electrons. The molecule has 80 valence electrons. The van der Waals surface area contributed by atoms with Gasteiger partial charge in [-0.05, 0) is 12.8 Å². The number of aliphatic hydroxyl groups is 1. The first kappa shape index (κ1) is 9.89. The third-order valence-electron chi connectivity index (χ3n) is 2.94. The molecule has 3 atom stereocenters. The number of nitrogens with zero attached hydrogens (tertiary/aromatic N) is 1. The zero-order valence-corrected chi connectivity index (χ0v) is 8.15. The topological polar surface area (TPSA) is 78.6 Å². The molecular formula is C9H17N3O2. The van der Waals surface area contributed by atoms with Crippen LogP contribution < -0.4 is 11.1 Å². The van der Waals surface area contributed by atoms with Crippen LogP contribution in [0.1, 0.15) is 12.8 Å². The smallest absolute Gasteiger partial charge is 0.239 e. The van der Waals surface area contributed by atoms with E-state index in [-0.39, 0.29) is 24.1 Å². The van der Waals surface area contributed by atoms with Crippen molar-refractivity contribution in [2.24, 2.45) is 5.73 Å². The van der Waals surface area contributed by atoms with E-state index in [4.69, 9.17) is 5.73 Å². The van der Waals surface area contributed by atoms with E-state index >= 15 is 0 Å². The normalized spacial score (nSPS) is 37.9. The zero-order valence-electron chi connectivity index (χ0n) is 8.15. The van der Waals surface area contributed by atoms with Gasteiger partial charge in [-0.15, -0.1) is 0 Å². The largest absolute Gasteiger partial charge is 0.392 e. The van der Waals surface area contributed by atoms with Crippen LogP contribution in [0.2, 0.25) is 0 Å². The number of carbonyl (C=O) groups excluding carboxylic acids is 1. The Morgan fingerprint density at radius 1 is 1.57 bits per heavy atom. The van der Waals surface area contributed by atoms with E-state index in [9.17, 15) is 9.90 Å². The summed E-state index contributed by atoms with van der Waals surface area (Å²) in [5.41, 5.74) is 5.73. The van der Waals surface area contributed by atoms with Crippen molar-refractivity contribution in [3.8, 4) is 0 Å². The summed E-state index contributed by atoms with van der Waals surface area (Å²) >= 11 is 0. The summed E-state index contributed by atoms with van der Waals surface area (Å²) < 4.78 is 0. The van der Waals surface area contributed by atoms with Gasteiger partial charge in [0, 0.05) is 25.7 Å². The molecule has 2 heterocycles. The van der Waals surface area contributed by atoms with Gasteiger partial charge in [0.05, 0.1) is 12.1 Å². The molecule has 2 saturated heterocycles. The van der Waals surface area contributed by atoms with E-state index in [0.717, 1.165) is 13.0 Å². The van der Waals surface area contributed by atoms with Crippen LogP contribution in [0.15, 0.2) is 0 Å². The van der Waals surface area contributed by atoms with Crippen LogP contribution in [-0.2, 0) is 4.79 Å². The highest BCUT2D eigenvalue weighted by Crippen LogP contribution is 2.13. The summed E-state index contributed by atoms with van der Waals surface area (Å²) in [5.74, 6) is 0.0921. The molecule has 0 aromatic heterocycles. The predicted molar refractivity (Wildman–Crippen MR) is 51.6 cm³/mol. The molecule has 0 saturated carbocycles. The Balaban J connectivity index is 1.89. The molecule has 0 aromatic rings. The van der Waals surface area contributed by atoms with Crippen molar-refractivity contribution in [1.29, 1.82) is 0 Å². The van der Waals surface area contributed by atoms with Crippen LogP contribution in [0.5, 0.6) is 0 Å². The Morgan fingerprint density at radius 2 is 2.36 bits per heavy atom. The summed E-state index contributed by atoms with van der Waals surface area (Å²) in [7, 11) is 0. The number of amides is 1. The van der Waals surface area contributed by atoms with Crippen LogP contribution in [-0.4, -0.2) is 53.7 Å². The number of hydrogen-bond donors (Lipinski definition) is 3. The molecule has 0 aliphatic carbocycles. The number of likely N-dealkylation sites (tertiary alicyclic amines) is 1. The fraction of sp³-hybridized carbons (Fsp3) is 0.889. The second-order valence-electron chi connectivity index (χ2n) is 4.18. The number of nitrogens with one attached hydrogen (secondary N) is 1. The molecule has 2 rings (SSSR count). The first-order valence-electron chi connectivity index (χ1n) is 5.12. The van der Waals surface area contributed by atoms with Gasteiger partial charge in [-0.25, -0.2) is 0 Å². The Kier molecular flexibility index (Phi) is 2.71.